The Hall–Kier alpha value is -3.19. The van der Waals surface area contributed by atoms with E-state index < -0.39 is 0 Å². The molecule has 0 unspecified atom stereocenters. The second kappa shape index (κ2) is 10.2. The minimum absolute atomic E-state index is 1.05. The summed E-state index contributed by atoms with van der Waals surface area (Å²) in [4.78, 5) is 0. The van der Waals surface area contributed by atoms with Crippen LogP contribution >= 0.6 is 0 Å². The van der Waals surface area contributed by atoms with E-state index in [2.05, 4.69) is 115 Å². The molecule has 0 aliphatic carbocycles. The predicted octanol–water partition coefficient (Wildman–Crippen LogP) is 7.86. The Balaban J connectivity index is 1.99. The van der Waals surface area contributed by atoms with Gasteiger partial charge in [-0.3, -0.25) is 0 Å². The van der Waals surface area contributed by atoms with E-state index in [1.807, 2.05) is 0 Å². The number of rotatable bonds is 8. The van der Waals surface area contributed by atoms with Crippen LogP contribution in [0.15, 0.2) is 97.1 Å². The maximum atomic E-state index is 2.54. The molecular weight excluding hydrogens is 374 g/mol. The summed E-state index contributed by atoms with van der Waals surface area (Å²) in [5.74, 6) is 0. The van der Waals surface area contributed by atoms with Gasteiger partial charge < -0.3 is 0 Å². The van der Waals surface area contributed by atoms with Crippen LogP contribution in [0.3, 0.4) is 0 Å². The normalized spacial score (nSPS) is 10.9. The van der Waals surface area contributed by atoms with E-state index in [1.165, 1.54) is 64.9 Å². The van der Waals surface area contributed by atoms with Gasteiger partial charge in [0, 0.05) is 30.5 Å². The molecule has 0 radical (unpaired) electrons. The Morgan fingerprint density at radius 2 is 1.16 bits per heavy atom. The van der Waals surface area contributed by atoms with Crippen molar-refractivity contribution < 1.29 is 4.57 Å². The number of aryl methyl sites for hydroxylation is 1. The summed E-state index contributed by atoms with van der Waals surface area (Å²) in [6.45, 7) is 5.58. The van der Waals surface area contributed by atoms with Crippen molar-refractivity contribution in [3.8, 4) is 33.5 Å². The third kappa shape index (κ3) is 4.77. The Labute approximate surface area is 187 Å². The molecule has 1 heterocycles. The Morgan fingerprint density at radius 1 is 0.613 bits per heavy atom. The van der Waals surface area contributed by atoms with E-state index in [0.717, 1.165) is 6.54 Å². The molecule has 156 valence electrons. The van der Waals surface area contributed by atoms with Crippen molar-refractivity contribution in [2.75, 3.05) is 0 Å². The molecule has 0 aliphatic heterocycles. The summed E-state index contributed by atoms with van der Waals surface area (Å²) < 4.78 is 2.54. The molecule has 1 nitrogen and oxygen atoms in total. The second-order valence-electron chi connectivity index (χ2n) is 8.23. The Kier molecular flexibility index (Phi) is 6.94. The smallest absolute Gasteiger partial charge is 0.195 e. The van der Waals surface area contributed by atoms with Gasteiger partial charge >= 0.3 is 0 Å². The van der Waals surface area contributed by atoms with Gasteiger partial charge in [-0.25, -0.2) is 0 Å². The first kappa shape index (κ1) is 21.1. The number of pyridine rings is 1. The van der Waals surface area contributed by atoms with Gasteiger partial charge in [-0.15, -0.1) is 0 Å². The lowest BCUT2D eigenvalue weighted by atomic mass is 9.90. The SMILES string of the molecule is CCCCCC[n+]1c(C)cc(-c2ccccc2)c(-c2ccccc2)c1-c1ccccc1. The molecular formula is C30H32N+. The number of hydrogen-bond acceptors (Lipinski definition) is 0. The summed E-state index contributed by atoms with van der Waals surface area (Å²) >= 11 is 0. The lowest BCUT2D eigenvalue weighted by molar-refractivity contribution is -0.692. The van der Waals surface area contributed by atoms with E-state index >= 15 is 0 Å². The zero-order valence-electron chi connectivity index (χ0n) is 18.7. The molecule has 3 aromatic carbocycles. The second-order valence-corrected chi connectivity index (χ2v) is 8.23. The van der Waals surface area contributed by atoms with Crippen molar-refractivity contribution in [1.82, 2.24) is 0 Å². The first-order valence-electron chi connectivity index (χ1n) is 11.5. The van der Waals surface area contributed by atoms with Crippen molar-refractivity contribution in [3.05, 3.63) is 103 Å². The van der Waals surface area contributed by atoms with Crippen LogP contribution in [-0.4, -0.2) is 0 Å². The first-order chi connectivity index (χ1) is 15.3. The van der Waals surface area contributed by atoms with Crippen molar-refractivity contribution in [1.29, 1.82) is 0 Å². The molecule has 0 saturated carbocycles. The van der Waals surface area contributed by atoms with Gasteiger partial charge in [0.1, 0.15) is 6.54 Å². The van der Waals surface area contributed by atoms with E-state index in [-0.39, 0.29) is 0 Å². The monoisotopic (exact) mass is 406 g/mol. The molecule has 0 amide bonds. The lowest BCUT2D eigenvalue weighted by Crippen LogP contribution is -2.40. The summed E-state index contributed by atoms with van der Waals surface area (Å²) in [6, 6.07) is 34.9. The molecule has 0 N–H and O–H groups in total. The predicted molar refractivity (Wildman–Crippen MR) is 132 cm³/mol. The summed E-state index contributed by atoms with van der Waals surface area (Å²) in [7, 11) is 0. The Bertz CT molecular complexity index is 1100. The van der Waals surface area contributed by atoms with Crippen LogP contribution in [0.5, 0.6) is 0 Å². The fraction of sp³-hybridized carbons (Fsp3) is 0.233. The largest absolute Gasteiger partial charge is 0.221 e. The minimum Gasteiger partial charge on any atom is -0.195 e. The molecule has 4 aromatic rings. The molecule has 0 atom stereocenters. The van der Waals surface area contributed by atoms with Crippen LogP contribution in [0.25, 0.3) is 33.5 Å². The van der Waals surface area contributed by atoms with Crippen molar-refractivity contribution in [3.63, 3.8) is 0 Å². The number of benzene rings is 3. The molecule has 0 fully saturated rings. The van der Waals surface area contributed by atoms with Crippen LogP contribution in [0.1, 0.15) is 38.3 Å². The highest BCUT2D eigenvalue weighted by atomic mass is 15.0. The highest BCUT2D eigenvalue weighted by Crippen LogP contribution is 2.38. The molecule has 1 aromatic heterocycles. The fourth-order valence-corrected chi connectivity index (χ4v) is 4.42. The summed E-state index contributed by atoms with van der Waals surface area (Å²) in [6.07, 6.45) is 5.04. The maximum Gasteiger partial charge on any atom is 0.221 e. The van der Waals surface area contributed by atoms with Crippen LogP contribution in [-0.2, 0) is 6.54 Å². The van der Waals surface area contributed by atoms with Gasteiger partial charge in [-0.2, -0.15) is 4.57 Å². The van der Waals surface area contributed by atoms with E-state index in [1.54, 1.807) is 0 Å². The highest BCUT2D eigenvalue weighted by Gasteiger charge is 2.26. The number of hydrogen-bond donors (Lipinski definition) is 0. The quantitative estimate of drug-likeness (QED) is 0.207. The topological polar surface area (TPSA) is 3.88 Å². The molecule has 0 aliphatic rings. The highest BCUT2D eigenvalue weighted by molar-refractivity contribution is 5.91. The average molecular weight is 407 g/mol. The van der Waals surface area contributed by atoms with Gasteiger partial charge in [0.15, 0.2) is 5.69 Å². The molecule has 0 spiro atoms. The van der Waals surface area contributed by atoms with Crippen molar-refractivity contribution in [2.24, 2.45) is 0 Å². The molecule has 1 heteroatoms. The van der Waals surface area contributed by atoms with Crippen LogP contribution in [0.2, 0.25) is 0 Å². The first-order valence-corrected chi connectivity index (χ1v) is 11.5. The maximum absolute atomic E-state index is 2.54. The molecule has 0 saturated heterocycles. The zero-order valence-corrected chi connectivity index (χ0v) is 18.7. The fourth-order valence-electron chi connectivity index (χ4n) is 4.42. The van der Waals surface area contributed by atoms with Crippen LogP contribution in [0.4, 0.5) is 0 Å². The average Bonchev–Trinajstić information content (AvgIpc) is 2.83. The van der Waals surface area contributed by atoms with Gasteiger partial charge in [-0.1, -0.05) is 98.6 Å². The zero-order chi connectivity index (χ0) is 21.5. The van der Waals surface area contributed by atoms with Crippen molar-refractivity contribution >= 4 is 0 Å². The van der Waals surface area contributed by atoms with Gasteiger partial charge in [0.25, 0.3) is 0 Å². The van der Waals surface area contributed by atoms with E-state index in [4.69, 9.17) is 0 Å². The van der Waals surface area contributed by atoms with Crippen LogP contribution in [0, 0.1) is 6.92 Å². The summed E-state index contributed by atoms with van der Waals surface area (Å²) in [5, 5.41) is 0. The number of aromatic nitrogens is 1. The van der Waals surface area contributed by atoms with Gasteiger partial charge in [0.05, 0.1) is 5.56 Å². The lowest BCUT2D eigenvalue weighted by Gasteiger charge is -2.17. The van der Waals surface area contributed by atoms with Gasteiger partial charge in [-0.05, 0) is 29.7 Å². The summed E-state index contributed by atoms with van der Waals surface area (Å²) in [5.41, 5.74) is 9.06. The van der Waals surface area contributed by atoms with Crippen LogP contribution < -0.4 is 4.57 Å². The third-order valence-corrected chi connectivity index (χ3v) is 5.98. The molecule has 31 heavy (non-hydrogen) atoms. The number of unbranched alkanes of at least 4 members (excludes halogenated alkanes) is 3. The van der Waals surface area contributed by atoms with Gasteiger partial charge in [0.2, 0.25) is 5.69 Å². The third-order valence-electron chi connectivity index (χ3n) is 5.98. The number of nitrogens with zero attached hydrogens (tertiary/aromatic N) is 1. The van der Waals surface area contributed by atoms with Crippen molar-refractivity contribution in [2.45, 2.75) is 46.1 Å². The van der Waals surface area contributed by atoms with E-state index in [9.17, 15) is 0 Å². The Morgan fingerprint density at radius 3 is 1.74 bits per heavy atom. The molecule has 0 bridgehead atoms. The standard InChI is InChI=1S/C30H32N/c1-3-4-5-15-22-31-24(2)23-28(25-16-9-6-10-17-25)29(26-18-11-7-12-19-26)30(31)27-20-13-8-14-21-27/h6-14,16-21,23H,3-5,15,22H2,1-2H3/q+1. The molecule has 4 rings (SSSR count). The minimum atomic E-state index is 1.05. The van der Waals surface area contributed by atoms with E-state index in [0.29, 0.717) is 0 Å².